The molecule has 0 bridgehead atoms. The molecule has 0 radical (unpaired) electrons. The molecule has 0 atom stereocenters. The van der Waals surface area contributed by atoms with Crippen LogP contribution in [-0.4, -0.2) is 50.8 Å². The lowest BCUT2D eigenvalue weighted by Crippen LogP contribution is -2.37. The van der Waals surface area contributed by atoms with Crippen molar-refractivity contribution in [1.29, 1.82) is 0 Å². The van der Waals surface area contributed by atoms with Crippen molar-refractivity contribution in [2.75, 3.05) is 29.6 Å². The van der Waals surface area contributed by atoms with E-state index in [-0.39, 0.29) is 31.4 Å². The van der Waals surface area contributed by atoms with E-state index in [2.05, 4.69) is 0 Å². The minimum atomic E-state index is -0.984. The molecule has 1 heterocycles. The molecule has 1 fully saturated rings. The van der Waals surface area contributed by atoms with E-state index in [1.807, 2.05) is 0 Å². The highest BCUT2D eigenvalue weighted by molar-refractivity contribution is 8.19. The number of imide groups is 1. The molecule has 2 N–H and O–H groups in total. The molecule has 1 aromatic carbocycles. The fraction of sp³-hybridized carbons (Fsp3) is 0.429. The highest BCUT2D eigenvalue weighted by Crippen LogP contribution is 2.47. The average Bonchev–Trinajstić information content (AvgIpc) is 2.76. The van der Waals surface area contributed by atoms with Crippen LogP contribution in [0.3, 0.4) is 0 Å². The van der Waals surface area contributed by atoms with Crippen LogP contribution in [0.5, 0.6) is 0 Å². The minimum absolute atomic E-state index is 0.0454. The zero-order chi connectivity index (χ0) is 16.2. The number of amides is 2. The van der Waals surface area contributed by atoms with Gasteiger partial charge in [-0.3, -0.25) is 9.59 Å². The predicted octanol–water partition coefficient (Wildman–Crippen LogP) is 1.75. The summed E-state index contributed by atoms with van der Waals surface area (Å²) >= 11 is 8.33. The Bertz CT molecular complexity index is 544. The molecular formula is C14H16ClNO4S2. The molecule has 1 aliphatic heterocycles. The van der Waals surface area contributed by atoms with Crippen LogP contribution in [0.15, 0.2) is 24.3 Å². The molecule has 1 aliphatic rings. The first-order valence-electron chi connectivity index (χ1n) is 6.66. The van der Waals surface area contributed by atoms with E-state index >= 15 is 0 Å². The van der Waals surface area contributed by atoms with Gasteiger partial charge in [-0.2, -0.15) is 0 Å². The summed E-state index contributed by atoms with van der Waals surface area (Å²) in [7, 11) is 0. The van der Waals surface area contributed by atoms with Crippen LogP contribution in [0, 0.1) is 0 Å². The van der Waals surface area contributed by atoms with Gasteiger partial charge in [0.25, 0.3) is 5.91 Å². The van der Waals surface area contributed by atoms with Gasteiger partial charge in [-0.25, -0.2) is 4.90 Å². The summed E-state index contributed by atoms with van der Waals surface area (Å²) < 4.78 is -0.984. The smallest absolute Gasteiger partial charge is 0.260 e. The van der Waals surface area contributed by atoms with Gasteiger partial charge in [-0.05, 0) is 24.3 Å². The van der Waals surface area contributed by atoms with Crippen LogP contribution in [0.1, 0.15) is 6.42 Å². The number of rotatable bonds is 7. The summed E-state index contributed by atoms with van der Waals surface area (Å²) in [4.78, 5) is 26.3. The fourth-order valence-electron chi connectivity index (χ4n) is 2.18. The van der Waals surface area contributed by atoms with Gasteiger partial charge in [-0.1, -0.05) is 11.6 Å². The molecule has 8 heteroatoms. The first kappa shape index (κ1) is 17.6. The zero-order valence-corrected chi connectivity index (χ0v) is 14.1. The maximum Gasteiger partial charge on any atom is 0.260 e. The molecule has 120 valence electrons. The van der Waals surface area contributed by atoms with Gasteiger partial charge in [-0.15, -0.1) is 23.5 Å². The van der Waals surface area contributed by atoms with E-state index in [1.54, 1.807) is 24.3 Å². The number of aliphatic hydroxyl groups excluding tert-OH is 2. The second-order valence-corrected chi connectivity index (χ2v) is 8.07. The standard InChI is InChI=1S/C14H16ClNO4S2/c15-10-1-3-11(4-2-10)16-12(19)9-14(13(16)20,21-7-5-17)22-8-6-18/h1-4,17-18H,5-9H2. The van der Waals surface area contributed by atoms with Gasteiger partial charge < -0.3 is 10.2 Å². The van der Waals surface area contributed by atoms with Gasteiger partial charge in [0.2, 0.25) is 5.91 Å². The van der Waals surface area contributed by atoms with E-state index in [9.17, 15) is 9.59 Å². The van der Waals surface area contributed by atoms with Crippen LogP contribution in [0.2, 0.25) is 5.02 Å². The third kappa shape index (κ3) is 3.60. The van der Waals surface area contributed by atoms with Gasteiger partial charge in [0.1, 0.15) is 4.08 Å². The largest absolute Gasteiger partial charge is 0.396 e. The molecular weight excluding hydrogens is 346 g/mol. The first-order chi connectivity index (χ1) is 10.5. The summed E-state index contributed by atoms with van der Waals surface area (Å²) in [6, 6.07) is 6.50. The Morgan fingerprint density at radius 1 is 1.09 bits per heavy atom. The van der Waals surface area contributed by atoms with E-state index in [0.29, 0.717) is 22.2 Å². The predicted molar refractivity (Wildman–Crippen MR) is 90.4 cm³/mol. The monoisotopic (exact) mass is 361 g/mol. The molecule has 1 saturated heterocycles. The van der Waals surface area contributed by atoms with Crippen molar-refractivity contribution >= 4 is 52.6 Å². The molecule has 0 spiro atoms. The lowest BCUT2D eigenvalue weighted by Gasteiger charge is -2.25. The van der Waals surface area contributed by atoms with E-state index in [4.69, 9.17) is 21.8 Å². The topological polar surface area (TPSA) is 77.8 Å². The van der Waals surface area contributed by atoms with Crippen LogP contribution in [0.4, 0.5) is 5.69 Å². The SMILES string of the molecule is O=C1CC(SCCO)(SCCO)C(=O)N1c1ccc(Cl)cc1. The number of aliphatic hydroxyl groups is 2. The number of hydrogen-bond acceptors (Lipinski definition) is 6. The van der Waals surface area contributed by atoms with Gasteiger partial charge >= 0.3 is 0 Å². The molecule has 1 aromatic rings. The third-order valence-corrected chi connectivity index (χ3v) is 6.40. The van der Waals surface area contributed by atoms with Crippen molar-refractivity contribution in [3.63, 3.8) is 0 Å². The number of thioether (sulfide) groups is 2. The van der Waals surface area contributed by atoms with Crippen LogP contribution < -0.4 is 4.90 Å². The summed E-state index contributed by atoms with van der Waals surface area (Å²) in [5.41, 5.74) is 0.482. The number of halogens is 1. The molecule has 0 aliphatic carbocycles. The molecule has 0 aromatic heterocycles. The molecule has 2 rings (SSSR count). The summed E-state index contributed by atoms with van der Waals surface area (Å²) in [6.45, 7) is -0.150. The Kier molecular flexibility index (Phi) is 6.17. The second-order valence-electron chi connectivity index (χ2n) is 4.58. The average molecular weight is 362 g/mol. The molecule has 0 saturated carbocycles. The minimum Gasteiger partial charge on any atom is -0.396 e. The Morgan fingerprint density at radius 3 is 2.14 bits per heavy atom. The number of nitrogens with zero attached hydrogens (tertiary/aromatic N) is 1. The van der Waals surface area contributed by atoms with E-state index in [1.165, 1.54) is 23.5 Å². The summed E-state index contributed by atoms with van der Waals surface area (Å²) in [5.74, 6) is 0.0950. The zero-order valence-electron chi connectivity index (χ0n) is 11.7. The highest BCUT2D eigenvalue weighted by atomic mass is 35.5. The maximum atomic E-state index is 12.8. The number of anilines is 1. The maximum absolute atomic E-state index is 12.8. The van der Waals surface area contributed by atoms with Crippen LogP contribution in [-0.2, 0) is 9.59 Å². The number of benzene rings is 1. The normalized spacial score (nSPS) is 17.3. The van der Waals surface area contributed by atoms with Crippen LogP contribution >= 0.6 is 35.1 Å². The molecule has 0 unspecified atom stereocenters. The van der Waals surface area contributed by atoms with Gasteiger partial charge in [0.15, 0.2) is 0 Å². The number of carbonyl (C=O) groups is 2. The van der Waals surface area contributed by atoms with Crippen molar-refractivity contribution < 1.29 is 19.8 Å². The van der Waals surface area contributed by atoms with Gasteiger partial charge in [0.05, 0.1) is 25.3 Å². The van der Waals surface area contributed by atoms with E-state index in [0.717, 1.165) is 4.90 Å². The van der Waals surface area contributed by atoms with Crippen molar-refractivity contribution in [2.45, 2.75) is 10.5 Å². The Labute approximate surface area is 142 Å². The lowest BCUT2D eigenvalue weighted by molar-refractivity contribution is -0.121. The Balaban J connectivity index is 2.28. The van der Waals surface area contributed by atoms with Crippen molar-refractivity contribution in [3.05, 3.63) is 29.3 Å². The molecule has 22 heavy (non-hydrogen) atoms. The van der Waals surface area contributed by atoms with Crippen LogP contribution in [0.25, 0.3) is 0 Å². The summed E-state index contributed by atoms with van der Waals surface area (Å²) in [5, 5.41) is 18.6. The second kappa shape index (κ2) is 7.70. The van der Waals surface area contributed by atoms with E-state index < -0.39 is 4.08 Å². The number of carbonyl (C=O) groups excluding carboxylic acids is 2. The number of hydrogen-bond donors (Lipinski definition) is 2. The van der Waals surface area contributed by atoms with Crippen molar-refractivity contribution in [3.8, 4) is 0 Å². The molecule has 5 nitrogen and oxygen atoms in total. The van der Waals surface area contributed by atoms with Gasteiger partial charge in [0, 0.05) is 16.5 Å². The lowest BCUT2D eigenvalue weighted by atomic mass is 10.3. The first-order valence-corrected chi connectivity index (χ1v) is 9.01. The van der Waals surface area contributed by atoms with Crippen molar-refractivity contribution in [2.24, 2.45) is 0 Å². The highest BCUT2D eigenvalue weighted by Gasteiger charge is 2.52. The fourth-order valence-corrected chi connectivity index (χ4v) is 4.86. The quantitative estimate of drug-likeness (QED) is 0.569. The van der Waals surface area contributed by atoms with Crippen molar-refractivity contribution in [1.82, 2.24) is 0 Å². The Hall–Kier alpha value is -0.730. The third-order valence-electron chi connectivity index (χ3n) is 3.10. The summed E-state index contributed by atoms with van der Waals surface area (Å²) in [6.07, 6.45) is 0.0454. The Morgan fingerprint density at radius 2 is 1.64 bits per heavy atom. The molecule has 2 amide bonds.